The van der Waals surface area contributed by atoms with Crippen molar-refractivity contribution in [2.45, 2.75) is 51.7 Å². The highest BCUT2D eigenvalue weighted by Gasteiger charge is 2.10. The van der Waals surface area contributed by atoms with Crippen LogP contribution in [0, 0.1) is 0 Å². The summed E-state index contributed by atoms with van der Waals surface area (Å²) in [4.78, 5) is 0. The standard InChI is InChI=1S/C9H20S4/c1-5-6-7-8-10-12-13-11-9(2,3)4/h5-8H2,1-4H3. The minimum Gasteiger partial charge on any atom is -0.0817 e. The van der Waals surface area contributed by atoms with Gasteiger partial charge in [0.1, 0.15) is 0 Å². The molecule has 4 heteroatoms. The summed E-state index contributed by atoms with van der Waals surface area (Å²) in [5, 5.41) is 0. The van der Waals surface area contributed by atoms with Crippen molar-refractivity contribution in [1.29, 1.82) is 0 Å². The van der Waals surface area contributed by atoms with E-state index in [1.54, 1.807) is 0 Å². The van der Waals surface area contributed by atoms with E-state index in [2.05, 4.69) is 27.7 Å². The molecule has 0 aromatic carbocycles. The summed E-state index contributed by atoms with van der Waals surface area (Å²) in [6.07, 6.45) is 4.08. The van der Waals surface area contributed by atoms with Gasteiger partial charge in [0.2, 0.25) is 0 Å². The van der Waals surface area contributed by atoms with Gasteiger partial charge in [-0.1, -0.05) is 62.1 Å². The first-order chi connectivity index (χ1) is 6.06. The van der Waals surface area contributed by atoms with Crippen molar-refractivity contribution < 1.29 is 0 Å². The first-order valence-electron chi connectivity index (χ1n) is 4.70. The fourth-order valence-electron chi connectivity index (χ4n) is 0.581. The summed E-state index contributed by atoms with van der Waals surface area (Å²) < 4.78 is 0.391. The van der Waals surface area contributed by atoms with Crippen LogP contribution in [-0.4, -0.2) is 10.5 Å². The van der Waals surface area contributed by atoms with Gasteiger partial charge >= 0.3 is 0 Å². The van der Waals surface area contributed by atoms with E-state index in [1.165, 1.54) is 25.0 Å². The first kappa shape index (κ1) is 14.4. The van der Waals surface area contributed by atoms with Crippen LogP contribution < -0.4 is 0 Å². The summed E-state index contributed by atoms with van der Waals surface area (Å²) >= 11 is 0. The van der Waals surface area contributed by atoms with Gasteiger partial charge in [-0.05, 0) is 26.1 Å². The second-order valence-electron chi connectivity index (χ2n) is 3.86. The van der Waals surface area contributed by atoms with Crippen LogP contribution in [0.2, 0.25) is 0 Å². The molecule has 0 saturated heterocycles. The Morgan fingerprint density at radius 1 is 1.00 bits per heavy atom. The van der Waals surface area contributed by atoms with E-state index in [-0.39, 0.29) is 0 Å². The van der Waals surface area contributed by atoms with E-state index >= 15 is 0 Å². The molecule has 0 fully saturated rings. The molecule has 0 aliphatic carbocycles. The number of hydrogen-bond acceptors (Lipinski definition) is 4. The Morgan fingerprint density at radius 2 is 1.69 bits per heavy atom. The molecular formula is C9H20S4. The van der Waals surface area contributed by atoms with Gasteiger partial charge in [-0.15, -0.1) is 0 Å². The Morgan fingerprint density at radius 3 is 2.23 bits per heavy atom. The smallest absolute Gasteiger partial charge is 0.0187 e. The highest BCUT2D eigenvalue weighted by atomic mass is 33.7. The minimum atomic E-state index is 0.391. The van der Waals surface area contributed by atoms with Crippen LogP contribution in [-0.2, 0) is 0 Å². The van der Waals surface area contributed by atoms with Crippen LogP contribution in [0.3, 0.4) is 0 Å². The molecule has 0 heterocycles. The largest absolute Gasteiger partial charge is 0.0817 e. The molecule has 0 N–H and O–H groups in total. The molecule has 0 bridgehead atoms. The van der Waals surface area contributed by atoms with E-state index in [9.17, 15) is 0 Å². The molecule has 0 aliphatic rings. The number of hydrogen-bond donors (Lipinski definition) is 0. The summed E-state index contributed by atoms with van der Waals surface area (Å²) in [5.74, 6) is 1.30. The molecular weight excluding hydrogens is 236 g/mol. The Labute approximate surface area is 98.4 Å². The molecule has 0 rings (SSSR count). The van der Waals surface area contributed by atoms with Gasteiger partial charge in [0, 0.05) is 10.5 Å². The second-order valence-corrected chi connectivity index (χ2v) is 10.6. The van der Waals surface area contributed by atoms with Gasteiger partial charge in [0.15, 0.2) is 0 Å². The molecule has 0 aliphatic heterocycles. The molecule has 0 unspecified atom stereocenters. The summed E-state index contributed by atoms with van der Waals surface area (Å²) in [5.41, 5.74) is 0. The van der Waals surface area contributed by atoms with E-state index < -0.39 is 0 Å². The van der Waals surface area contributed by atoms with Gasteiger partial charge in [0.25, 0.3) is 0 Å². The third kappa shape index (κ3) is 13.4. The lowest BCUT2D eigenvalue weighted by Crippen LogP contribution is -2.03. The zero-order valence-corrected chi connectivity index (χ0v) is 12.2. The fourth-order valence-corrected chi connectivity index (χ4v) is 7.48. The van der Waals surface area contributed by atoms with Crippen molar-refractivity contribution >= 4 is 41.2 Å². The maximum Gasteiger partial charge on any atom is 0.0187 e. The normalized spacial score (nSPS) is 12.0. The molecule has 0 aromatic heterocycles. The van der Waals surface area contributed by atoms with Crippen molar-refractivity contribution in [3.05, 3.63) is 0 Å². The lowest BCUT2D eigenvalue weighted by Gasteiger charge is -2.14. The van der Waals surface area contributed by atoms with Gasteiger partial charge in [-0.25, -0.2) is 0 Å². The molecule has 0 aromatic rings. The van der Waals surface area contributed by atoms with Crippen LogP contribution in [0.25, 0.3) is 0 Å². The monoisotopic (exact) mass is 256 g/mol. The van der Waals surface area contributed by atoms with Crippen molar-refractivity contribution in [3.63, 3.8) is 0 Å². The lowest BCUT2D eigenvalue weighted by atomic mass is 10.3. The van der Waals surface area contributed by atoms with Crippen LogP contribution in [0.4, 0.5) is 0 Å². The highest BCUT2D eigenvalue weighted by molar-refractivity contribution is 9.26. The second kappa shape index (κ2) is 8.69. The van der Waals surface area contributed by atoms with Crippen molar-refractivity contribution in [1.82, 2.24) is 0 Å². The molecule has 0 spiro atoms. The Hall–Kier alpha value is 1.40. The molecule has 0 amide bonds. The fraction of sp³-hybridized carbons (Fsp3) is 1.00. The maximum absolute atomic E-state index is 2.26. The summed E-state index contributed by atoms with van der Waals surface area (Å²) in [7, 11) is 7.79. The third-order valence-corrected chi connectivity index (χ3v) is 8.50. The Kier molecular flexibility index (Phi) is 9.62. The Balaban J connectivity index is 3.00. The molecule has 0 atom stereocenters. The van der Waals surface area contributed by atoms with E-state index in [0.717, 1.165) is 0 Å². The summed E-state index contributed by atoms with van der Waals surface area (Å²) in [6.45, 7) is 9.02. The van der Waals surface area contributed by atoms with Gasteiger partial charge in [0.05, 0.1) is 0 Å². The van der Waals surface area contributed by atoms with Crippen LogP contribution in [0.5, 0.6) is 0 Å². The predicted molar refractivity (Wildman–Crippen MR) is 74.5 cm³/mol. The third-order valence-electron chi connectivity index (χ3n) is 1.19. The molecule has 0 nitrogen and oxygen atoms in total. The average Bonchev–Trinajstić information content (AvgIpc) is 2.01. The molecule has 0 saturated carbocycles. The Bertz CT molecular complexity index is 109. The van der Waals surface area contributed by atoms with Crippen LogP contribution in [0.1, 0.15) is 47.0 Å². The molecule has 0 radical (unpaired) electrons. The SMILES string of the molecule is CCCCCSSSSC(C)(C)C. The van der Waals surface area contributed by atoms with Gasteiger partial charge in [-0.3, -0.25) is 0 Å². The zero-order chi connectivity index (χ0) is 10.2. The number of rotatable bonds is 7. The van der Waals surface area contributed by atoms with Gasteiger partial charge in [-0.2, -0.15) is 0 Å². The predicted octanol–water partition coefficient (Wildman–Crippen LogP) is 5.65. The average molecular weight is 257 g/mol. The topological polar surface area (TPSA) is 0 Å². The zero-order valence-electron chi connectivity index (χ0n) is 8.96. The van der Waals surface area contributed by atoms with E-state index in [1.807, 2.05) is 41.2 Å². The van der Waals surface area contributed by atoms with Crippen molar-refractivity contribution in [3.8, 4) is 0 Å². The number of unbranched alkanes of at least 4 members (excludes halogenated alkanes) is 2. The van der Waals surface area contributed by atoms with Crippen molar-refractivity contribution in [2.75, 3.05) is 5.75 Å². The van der Waals surface area contributed by atoms with E-state index in [4.69, 9.17) is 0 Å². The quantitative estimate of drug-likeness (QED) is 0.426. The van der Waals surface area contributed by atoms with Gasteiger partial charge < -0.3 is 0 Å². The van der Waals surface area contributed by atoms with Crippen LogP contribution in [0.15, 0.2) is 0 Å². The first-order valence-corrected chi connectivity index (χ1v) is 9.69. The molecule has 80 valence electrons. The maximum atomic E-state index is 2.26. The van der Waals surface area contributed by atoms with Crippen molar-refractivity contribution in [2.24, 2.45) is 0 Å². The summed E-state index contributed by atoms with van der Waals surface area (Å²) in [6, 6.07) is 0. The minimum absolute atomic E-state index is 0.391. The van der Waals surface area contributed by atoms with Crippen LogP contribution >= 0.6 is 41.2 Å². The lowest BCUT2D eigenvalue weighted by molar-refractivity contribution is 0.780. The highest BCUT2D eigenvalue weighted by Crippen LogP contribution is 2.48. The van der Waals surface area contributed by atoms with E-state index in [0.29, 0.717) is 4.75 Å². The molecule has 13 heavy (non-hydrogen) atoms.